The Morgan fingerprint density at radius 1 is 0.837 bits per heavy atom. The van der Waals surface area contributed by atoms with Gasteiger partial charge in [0.1, 0.15) is 23.1 Å². The predicted molar refractivity (Wildman–Crippen MR) is 168 cm³/mol. The summed E-state index contributed by atoms with van der Waals surface area (Å²) in [5.74, 6) is -2.19. The summed E-state index contributed by atoms with van der Waals surface area (Å²) in [6, 6.07) is 0. The zero-order valence-electron chi connectivity index (χ0n) is 28.6. The van der Waals surface area contributed by atoms with Gasteiger partial charge in [-0.05, 0) is 52.8 Å². The van der Waals surface area contributed by atoms with Crippen LogP contribution < -0.4 is 0 Å². The van der Waals surface area contributed by atoms with Gasteiger partial charge in [-0.15, -0.1) is 0 Å². The third-order valence-electron chi connectivity index (χ3n) is 11.3. The largest absolute Gasteiger partial charge is 0.300 e. The highest BCUT2D eigenvalue weighted by Gasteiger charge is 2.69. The van der Waals surface area contributed by atoms with Crippen LogP contribution in [0.15, 0.2) is 0 Å². The molecule has 242 valence electrons. The molecule has 0 saturated heterocycles. The van der Waals surface area contributed by atoms with Crippen LogP contribution in [0, 0.1) is 69.5 Å². The minimum atomic E-state index is -0.607. The van der Waals surface area contributed by atoms with Crippen LogP contribution in [0.3, 0.4) is 0 Å². The molecule has 7 atom stereocenters. The summed E-state index contributed by atoms with van der Waals surface area (Å²) >= 11 is 0. The van der Waals surface area contributed by atoms with E-state index >= 15 is 0 Å². The van der Waals surface area contributed by atoms with E-state index in [1.807, 2.05) is 55.4 Å². The van der Waals surface area contributed by atoms with Gasteiger partial charge < -0.3 is 0 Å². The number of fused-ring (bicyclic) bond motifs is 1. The second-order valence-electron chi connectivity index (χ2n) is 17.5. The average Bonchev–Trinajstić information content (AvgIpc) is 3.17. The summed E-state index contributed by atoms with van der Waals surface area (Å²) in [4.78, 5) is 79.1. The Labute approximate surface area is 260 Å². The molecule has 0 aromatic heterocycles. The number of carbonyl (C=O) groups excluding carboxylic acids is 6. The van der Waals surface area contributed by atoms with Gasteiger partial charge in [0.2, 0.25) is 0 Å². The van der Waals surface area contributed by atoms with Crippen molar-refractivity contribution in [3.63, 3.8) is 0 Å². The van der Waals surface area contributed by atoms with Crippen molar-refractivity contribution in [2.75, 3.05) is 0 Å². The number of ketones is 5. The molecule has 3 saturated carbocycles. The average molecular weight is 599 g/mol. The minimum Gasteiger partial charge on any atom is -0.300 e. The van der Waals surface area contributed by atoms with Crippen LogP contribution in [0.1, 0.15) is 127 Å². The molecule has 0 N–H and O–H groups in total. The number of Topliss-reactive ketones (excluding diaryl/α,β-unsaturated/α-hetero) is 5. The molecular weight excluding hydrogens is 540 g/mol. The fraction of sp³-hybridized carbons (Fsp3) is 0.838. The molecule has 0 aromatic carbocycles. The molecule has 3 aliphatic rings. The van der Waals surface area contributed by atoms with Crippen molar-refractivity contribution in [3.05, 3.63) is 0 Å². The molecule has 6 heteroatoms. The van der Waals surface area contributed by atoms with E-state index in [0.29, 0.717) is 31.5 Å². The van der Waals surface area contributed by atoms with Gasteiger partial charge in [-0.2, -0.15) is 0 Å². The van der Waals surface area contributed by atoms with E-state index < -0.39 is 40.8 Å². The van der Waals surface area contributed by atoms with E-state index in [-0.39, 0.29) is 71.0 Å². The number of aldehydes is 1. The van der Waals surface area contributed by atoms with Gasteiger partial charge in [0.05, 0.1) is 0 Å². The number of hydrogen-bond acceptors (Lipinski definition) is 6. The number of rotatable bonds is 16. The van der Waals surface area contributed by atoms with Gasteiger partial charge in [0, 0.05) is 55.3 Å². The summed E-state index contributed by atoms with van der Waals surface area (Å²) in [5, 5.41) is 0. The van der Waals surface area contributed by atoms with Crippen molar-refractivity contribution in [2.24, 2.45) is 69.5 Å². The maximum Gasteiger partial charge on any atom is 0.198 e. The van der Waals surface area contributed by atoms with Gasteiger partial charge >= 0.3 is 0 Å². The Morgan fingerprint density at radius 2 is 1.40 bits per heavy atom. The van der Waals surface area contributed by atoms with Crippen LogP contribution in [-0.4, -0.2) is 35.2 Å². The van der Waals surface area contributed by atoms with Crippen LogP contribution in [-0.2, 0) is 28.8 Å². The highest BCUT2D eigenvalue weighted by Crippen LogP contribution is 2.71. The molecule has 6 nitrogen and oxygen atoms in total. The van der Waals surface area contributed by atoms with Gasteiger partial charge in [-0.3, -0.25) is 28.8 Å². The van der Waals surface area contributed by atoms with Crippen molar-refractivity contribution < 1.29 is 28.8 Å². The lowest BCUT2D eigenvalue weighted by Gasteiger charge is -2.35. The molecule has 3 rings (SSSR count). The first-order chi connectivity index (χ1) is 19.7. The van der Waals surface area contributed by atoms with E-state index in [1.165, 1.54) is 0 Å². The van der Waals surface area contributed by atoms with Crippen LogP contribution in [0.25, 0.3) is 0 Å². The minimum absolute atomic E-state index is 0.0200. The van der Waals surface area contributed by atoms with Crippen molar-refractivity contribution in [3.8, 4) is 0 Å². The van der Waals surface area contributed by atoms with Crippen molar-refractivity contribution >= 4 is 35.2 Å². The van der Waals surface area contributed by atoms with Gasteiger partial charge in [0.15, 0.2) is 12.1 Å². The lowest BCUT2D eigenvalue weighted by atomic mass is 9.66. The zero-order valence-corrected chi connectivity index (χ0v) is 28.6. The van der Waals surface area contributed by atoms with Crippen LogP contribution in [0.2, 0.25) is 0 Å². The number of carbonyl (C=O) groups is 6. The topological polar surface area (TPSA) is 102 Å². The van der Waals surface area contributed by atoms with Crippen LogP contribution >= 0.6 is 0 Å². The fourth-order valence-electron chi connectivity index (χ4n) is 8.32. The summed E-state index contributed by atoms with van der Waals surface area (Å²) < 4.78 is 0. The molecule has 0 radical (unpaired) electrons. The molecule has 43 heavy (non-hydrogen) atoms. The Bertz CT molecular complexity index is 1100. The Balaban J connectivity index is 1.82. The standard InChI is InChI=1S/C37H58O6/c1-21(2)14-29(40)26(35(3,4)5)17-24(39)18-28(36(6,7)8)34(43)25-19-27-33(37(27,9)10)32(25)30(41)16-23(31(42)20-38)15-22-12-11-13-22/h20-23,25-28,32-33H,11-19H2,1-10H3. The summed E-state index contributed by atoms with van der Waals surface area (Å²) in [7, 11) is 0. The second kappa shape index (κ2) is 13.2. The fourth-order valence-corrected chi connectivity index (χ4v) is 8.32. The first kappa shape index (κ1) is 35.5. The lowest BCUT2D eigenvalue weighted by Crippen LogP contribution is -2.41. The normalized spacial score (nSPS) is 27.0. The van der Waals surface area contributed by atoms with E-state index in [9.17, 15) is 28.8 Å². The zero-order chi connectivity index (χ0) is 32.7. The second-order valence-corrected chi connectivity index (χ2v) is 17.5. The maximum absolute atomic E-state index is 14.4. The molecule has 3 fully saturated rings. The lowest BCUT2D eigenvalue weighted by molar-refractivity contribution is -0.141. The molecule has 0 spiro atoms. The summed E-state index contributed by atoms with van der Waals surface area (Å²) in [6.45, 7) is 20.2. The van der Waals surface area contributed by atoms with Gasteiger partial charge in [-0.1, -0.05) is 88.5 Å². The quantitative estimate of drug-likeness (QED) is 0.137. The molecule has 0 bridgehead atoms. The smallest absolute Gasteiger partial charge is 0.198 e. The Morgan fingerprint density at radius 3 is 1.86 bits per heavy atom. The van der Waals surface area contributed by atoms with E-state index in [4.69, 9.17) is 0 Å². The first-order valence-corrected chi connectivity index (χ1v) is 16.8. The van der Waals surface area contributed by atoms with Gasteiger partial charge in [0.25, 0.3) is 0 Å². The summed E-state index contributed by atoms with van der Waals surface area (Å²) in [6.07, 6.45) is 5.35. The molecule has 0 aliphatic heterocycles. The molecular formula is C37H58O6. The van der Waals surface area contributed by atoms with Crippen molar-refractivity contribution in [1.29, 1.82) is 0 Å². The van der Waals surface area contributed by atoms with Crippen LogP contribution in [0.5, 0.6) is 0 Å². The van der Waals surface area contributed by atoms with Crippen molar-refractivity contribution in [1.82, 2.24) is 0 Å². The predicted octanol–water partition coefficient (Wildman–Crippen LogP) is 7.29. The first-order valence-electron chi connectivity index (χ1n) is 16.8. The van der Waals surface area contributed by atoms with Gasteiger partial charge in [-0.25, -0.2) is 0 Å². The van der Waals surface area contributed by atoms with Crippen LogP contribution in [0.4, 0.5) is 0 Å². The summed E-state index contributed by atoms with van der Waals surface area (Å²) in [5.41, 5.74) is -0.908. The monoisotopic (exact) mass is 598 g/mol. The molecule has 3 aliphatic carbocycles. The third kappa shape index (κ3) is 8.19. The molecule has 7 unspecified atom stereocenters. The third-order valence-corrected chi connectivity index (χ3v) is 11.3. The Kier molecular flexibility index (Phi) is 10.9. The highest BCUT2D eigenvalue weighted by molar-refractivity contribution is 6.26. The SMILES string of the molecule is CC(C)CC(=O)C(CC(=O)CC(C(=O)C1CC2C(C1C(=O)CC(CC1CCC1)C(=O)C=O)C2(C)C)C(C)(C)C)C(C)(C)C. The number of hydrogen-bond donors (Lipinski definition) is 0. The molecule has 0 aromatic rings. The Hall–Kier alpha value is -1.98. The molecule has 0 amide bonds. The maximum atomic E-state index is 14.4. The molecule has 0 heterocycles. The highest BCUT2D eigenvalue weighted by atomic mass is 16.2. The van der Waals surface area contributed by atoms with E-state index in [2.05, 4.69) is 13.8 Å². The van der Waals surface area contributed by atoms with Crippen molar-refractivity contribution in [2.45, 2.75) is 127 Å². The van der Waals surface area contributed by atoms with E-state index in [1.54, 1.807) is 0 Å². The van der Waals surface area contributed by atoms with E-state index in [0.717, 1.165) is 19.3 Å².